The molecule has 0 aliphatic carbocycles. The zero-order valence-electron chi connectivity index (χ0n) is 11.1. The van der Waals surface area contributed by atoms with Crippen molar-refractivity contribution in [3.05, 3.63) is 33.8 Å². The first kappa shape index (κ1) is 14.6. The van der Waals surface area contributed by atoms with Crippen molar-refractivity contribution < 1.29 is 4.79 Å². The minimum Gasteiger partial charge on any atom is -0.337 e. The molecule has 1 N–H and O–H groups in total. The Labute approximate surface area is 123 Å². The number of hydrogen-bond acceptors (Lipinski definition) is 2. The lowest BCUT2D eigenvalue weighted by Gasteiger charge is -2.38. The van der Waals surface area contributed by atoms with Crippen LogP contribution in [0.2, 0.25) is 10.0 Å². The molecule has 0 saturated carbocycles. The third kappa shape index (κ3) is 3.41. The van der Waals surface area contributed by atoms with E-state index in [1.807, 2.05) is 11.0 Å². The van der Waals surface area contributed by atoms with Crippen LogP contribution in [0.4, 0.5) is 0 Å². The van der Waals surface area contributed by atoms with E-state index in [0.29, 0.717) is 22.5 Å². The van der Waals surface area contributed by atoms with Crippen molar-refractivity contribution in [2.45, 2.75) is 32.4 Å². The number of nitrogens with zero attached hydrogens (tertiary/aromatic N) is 1. The van der Waals surface area contributed by atoms with Gasteiger partial charge in [0.05, 0.1) is 16.5 Å². The lowest BCUT2D eigenvalue weighted by atomic mass is 10.1. The first-order valence-corrected chi connectivity index (χ1v) is 7.21. The summed E-state index contributed by atoms with van der Waals surface area (Å²) in [6.07, 6.45) is 0.369. The monoisotopic (exact) mass is 300 g/mol. The van der Waals surface area contributed by atoms with Gasteiger partial charge in [0.2, 0.25) is 5.91 Å². The summed E-state index contributed by atoms with van der Waals surface area (Å²) >= 11 is 11.8. The molecule has 104 valence electrons. The first-order valence-electron chi connectivity index (χ1n) is 6.46. The van der Waals surface area contributed by atoms with Gasteiger partial charge in [0.1, 0.15) is 0 Å². The Kier molecular flexibility index (Phi) is 4.71. The minimum absolute atomic E-state index is 0.138. The van der Waals surface area contributed by atoms with Crippen LogP contribution in [0, 0.1) is 0 Å². The van der Waals surface area contributed by atoms with Crippen LogP contribution >= 0.6 is 23.2 Å². The number of halogens is 2. The van der Waals surface area contributed by atoms with Gasteiger partial charge in [-0.15, -0.1) is 0 Å². The van der Waals surface area contributed by atoms with Gasteiger partial charge in [-0.3, -0.25) is 4.79 Å². The summed E-state index contributed by atoms with van der Waals surface area (Å²) in [5.41, 5.74) is 0.901. The van der Waals surface area contributed by atoms with E-state index in [1.165, 1.54) is 0 Å². The van der Waals surface area contributed by atoms with E-state index >= 15 is 0 Å². The van der Waals surface area contributed by atoms with Crippen LogP contribution in [0.25, 0.3) is 0 Å². The maximum absolute atomic E-state index is 12.3. The third-order valence-electron chi connectivity index (χ3n) is 3.69. The fourth-order valence-electron chi connectivity index (χ4n) is 2.33. The van der Waals surface area contributed by atoms with Gasteiger partial charge in [0, 0.05) is 25.2 Å². The van der Waals surface area contributed by atoms with E-state index in [9.17, 15) is 4.79 Å². The molecular weight excluding hydrogens is 283 g/mol. The van der Waals surface area contributed by atoms with E-state index in [2.05, 4.69) is 19.2 Å². The van der Waals surface area contributed by atoms with Crippen LogP contribution in [0.15, 0.2) is 18.2 Å². The van der Waals surface area contributed by atoms with Crippen molar-refractivity contribution >= 4 is 29.1 Å². The molecule has 2 unspecified atom stereocenters. The van der Waals surface area contributed by atoms with E-state index in [4.69, 9.17) is 23.2 Å². The Hall–Kier alpha value is -0.770. The quantitative estimate of drug-likeness (QED) is 0.911. The molecule has 1 aromatic rings. The minimum atomic E-state index is 0.138. The SMILES string of the molecule is CC1NCCN(C(=O)Cc2ccc(Cl)c(Cl)c2)C1C. The Morgan fingerprint density at radius 3 is 2.79 bits per heavy atom. The molecular formula is C14H18Cl2N2O. The second kappa shape index (κ2) is 6.12. The molecule has 1 aliphatic rings. The van der Waals surface area contributed by atoms with Crippen molar-refractivity contribution in [3.63, 3.8) is 0 Å². The molecule has 3 nitrogen and oxygen atoms in total. The average molecular weight is 301 g/mol. The van der Waals surface area contributed by atoms with Crippen molar-refractivity contribution in [3.8, 4) is 0 Å². The lowest BCUT2D eigenvalue weighted by molar-refractivity contribution is -0.134. The maximum atomic E-state index is 12.3. The van der Waals surface area contributed by atoms with E-state index in [-0.39, 0.29) is 11.9 Å². The summed E-state index contributed by atoms with van der Waals surface area (Å²) in [5.74, 6) is 0.138. The topological polar surface area (TPSA) is 32.3 Å². The van der Waals surface area contributed by atoms with Crippen LogP contribution in [-0.4, -0.2) is 36.0 Å². The lowest BCUT2D eigenvalue weighted by Crippen LogP contribution is -2.57. The number of carbonyl (C=O) groups excluding carboxylic acids is 1. The van der Waals surface area contributed by atoms with Crippen molar-refractivity contribution in [2.24, 2.45) is 0 Å². The summed E-state index contributed by atoms with van der Waals surface area (Å²) in [4.78, 5) is 14.3. The van der Waals surface area contributed by atoms with Crippen LogP contribution < -0.4 is 5.32 Å². The van der Waals surface area contributed by atoms with Crippen molar-refractivity contribution in [2.75, 3.05) is 13.1 Å². The molecule has 0 bridgehead atoms. The molecule has 2 rings (SSSR count). The number of carbonyl (C=O) groups is 1. The highest BCUT2D eigenvalue weighted by Gasteiger charge is 2.27. The Balaban J connectivity index is 2.05. The molecule has 2 atom stereocenters. The Bertz CT molecular complexity index is 479. The van der Waals surface area contributed by atoms with Crippen LogP contribution in [0.3, 0.4) is 0 Å². The number of amides is 1. The predicted octanol–water partition coefficient (Wildman–Crippen LogP) is 2.74. The molecule has 0 aromatic heterocycles. The van der Waals surface area contributed by atoms with Gasteiger partial charge in [-0.05, 0) is 31.5 Å². The fraction of sp³-hybridized carbons (Fsp3) is 0.500. The molecule has 5 heteroatoms. The smallest absolute Gasteiger partial charge is 0.227 e. The molecule has 1 aromatic carbocycles. The second-order valence-electron chi connectivity index (χ2n) is 5.00. The zero-order chi connectivity index (χ0) is 14.0. The molecule has 1 aliphatic heterocycles. The zero-order valence-corrected chi connectivity index (χ0v) is 12.6. The standard InChI is InChI=1S/C14H18Cl2N2O/c1-9-10(2)18(6-5-17-9)14(19)8-11-3-4-12(15)13(16)7-11/h3-4,7,9-10,17H,5-6,8H2,1-2H3. The van der Waals surface area contributed by atoms with Crippen LogP contribution in [0.5, 0.6) is 0 Å². The Morgan fingerprint density at radius 2 is 2.11 bits per heavy atom. The van der Waals surface area contributed by atoms with Crippen molar-refractivity contribution in [1.29, 1.82) is 0 Å². The number of piperazine rings is 1. The number of rotatable bonds is 2. The van der Waals surface area contributed by atoms with E-state index in [0.717, 1.165) is 18.7 Å². The predicted molar refractivity (Wildman–Crippen MR) is 78.8 cm³/mol. The van der Waals surface area contributed by atoms with Gasteiger partial charge in [-0.2, -0.15) is 0 Å². The fourth-order valence-corrected chi connectivity index (χ4v) is 2.66. The number of nitrogens with one attached hydrogen (secondary N) is 1. The molecule has 1 heterocycles. The molecule has 0 radical (unpaired) electrons. The number of hydrogen-bond donors (Lipinski definition) is 1. The number of benzene rings is 1. The molecule has 1 saturated heterocycles. The molecule has 0 spiro atoms. The summed E-state index contributed by atoms with van der Waals surface area (Å²) in [7, 11) is 0. The van der Waals surface area contributed by atoms with Gasteiger partial charge in [0.15, 0.2) is 0 Å². The Morgan fingerprint density at radius 1 is 1.37 bits per heavy atom. The molecule has 19 heavy (non-hydrogen) atoms. The van der Waals surface area contributed by atoms with Crippen LogP contribution in [0.1, 0.15) is 19.4 Å². The highest BCUT2D eigenvalue weighted by molar-refractivity contribution is 6.42. The summed E-state index contributed by atoms with van der Waals surface area (Å²) in [6.45, 7) is 5.77. The third-order valence-corrected chi connectivity index (χ3v) is 4.43. The van der Waals surface area contributed by atoms with Gasteiger partial charge >= 0.3 is 0 Å². The highest BCUT2D eigenvalue weighted by atomic mass is 35.5. The van der Waals surface area contributed by atoms with Gasteiger partial charge < -0.3 is 10.2 Å². The summed E-state index contributed by atoms with van der Waals surface area (Å²) in [5, 5.41) is 4.37. The first-order chi connectivity index (χ1) is 8.99. The second-order valence-corrected chi connectivity index (χ2v) is 5.81. The molecule has 1 fully saturated rings. The maximum Gasteiger partial charge on any atom is 0.227 e. The summed E-state index contributed by atoms with van der Waals surface area (Å²) in [6, 6.07) is 5.88. The van der Waals surface area contributed by atoms with Gasteiger partial charge in [-0.25, -0.2) is 0 Å². The largest absolute Gasteiger partial charge is 0.337 e. The summed E-state index contributed by atoms with van der Waals surface area (Å²) < 4.78 is 0. The average Bonchev–Trinajstić information content (AvgIpc) is 2.37. The van der Waals surface area contributed by atoms with E-state index in [1.54, 1.807) is 12.1 Å². The normalized spacial score (nSPS) is 23.5. The van der Waals surface area contributed by atoms with Gasteiger partial charge in [0.25, 0.3) is 0 Å². The highest BCUT2D eigenvalue weighted by Crippen LogP contribution is 2.23. The van der Waals surface area contributed by atoms with E-state index < -0.39 is 0 Å². The van der Waals surface area contributed by atoms with Crippen molar-refractivity contribution in [1.82, 2.24) is 10.2 Å². The van der Waals surface area contributed by atoms with Gasteiger partial charge in [-0.1, -0.05) is 29.3 Å². The molecule has 1 amide bonds. The van der Waals surface area contributed by atoms with Crippen LogP contribution in [-0.2, 0) is 11.2 Å².